The number of rotatable bonds is 6. The van der Waals surface area contributed by atoms with Gasteiger partial charge in [0.15, 0.2) is 0 Å². The van der Waals surface area contributed by atoms with E-state index in [1.807, 2.05) is 30.6 Å². The highest BCUT2D eigenvalue weighted by Gasteiger charge is 2.27. The van der Waals surface area contributed by atoms with Crippen LogP contribution in [0.5, 0.6) is 0 Å². The minimum Gasteiger partial charge on any atom is -0.326 e. The van der Waals surface area contributed by atoms with Gasteiger partial charge in [0.1, 0.15) is 5.01 Å². The first-order chi connectivity index (χ1) is 15.3. The standard InChI is InChI=1S/C22H23ClN4O3S2/c1-26-10-12-27(13-11-26)32(29,30)18-8-6-16(7-9-18)24-21(28)14-17-15-31-22(25-17)19-4-2-3-5-20(19)23/h2-9,15H,10-14H2,1H3,(H,24,28). The van der Waals surface area contributed by atoms with Crippen molar-refractivity contribution in [3.63, 3.8) is 0 Å². The Hall–Kier alpha value is -2.30. The molecular weight excluding hydrogens is 468 g/mol. The minimum absolute atomic E-state index is 0.113. The molecule has 1 saturated heterocycles. The van der Waals surface area contributed by atoms with Crippen LogP contribution in [0, 0.1) is 0 Å². The molecular formula is C22H23ClN4O3S2. The fourth-order valence-electron chi connectivity index (χ4n) is 3.40. The fourth-order valence-corrected chi connectivity index (χ4v) is 5.97. The van der Waals surface area contributed by atoms with Gasteiger partial charge in [0.2, 0.25) is 15.9 Å². The third-order valence-electron chi connectivity index (χ3n) is 5.24. The number of likely N-dealkylation sites (N-methyl/N-ethyl adjacent to an activating group) is 1. The number of piperazine rings is 1. The summed E-state index contributed by atoms with van der Waals surface area (Å²) < 4.78 is 27.1. The number of carbonyl (C=O) groups excluding carboxylic acids is 1. The van der Waals surface area contributed by atoms with Crippen LogP contribution in [0.4, 0.5) is 5.69 Å². The summed E-state index contributed by atoms with van der Waals surface area (Å²) >= 11 is 7.65. The second kappa shape index (κ2) is 9.68. The van der Waals surface area contributed by atoms with E-state index in [0.717, 1.165) is 10.6 Å². The number of hydrogen-bond donors (Lipinski definition) is 1. The highest BCUT2D eigenvalue weighted by Crippen LogP contribution is 2.30. The average molecular weight is 491 g/mol. The molecule has 0 unspecified atom stereocenters. The van der Waals surface area contributed by atoms with E-state index < -0.39 is 10.0 Å². The van der Waals surface area contributed by atoms with Gasteiger partial charge in [0.25, 0.3) is 0 Å². The number of amides is 1. The first-order valence-corrected chi connectivity index (χ1v) is 12.8. The first kappa shape index (κ1) is 22.9. The molecule has 0 atom stereocenters. The van der Waals surface area contributed by atoms with E-state index in [1.54, 1.807) is 18.2 Å². The SMILES string of the molecule is CN1CCN(S(=O)(=O)c2ccc(NC(=O)Cc3csc(-c4ccccc4Cl)n3)cc2)CC1. The highest BCUT2D eigenvalue weighted by molar-refractivity contribution is 7.89. The maximum atomic E-state index is 12.8. The van der Waals surface area contributed by atoms with Crippen LogP contribution < -0.4 is 5.32 Å². The third-order valence-corrected chi connectivity index (χ3v) is 8.40. The van der Waals surface area contributed by atoms with Gasteiger partial charge in [-0.2, -0.15) is 4.31 Å². The second-order valence-corrected chi connectivity index (χ2v) is 10.8. The summed E-state index contributed by atoms with van der Waals surface area (Å²) in [4.78, 5) is 19.3. The molecule has 168 valence electrons. The van der Waals surface area contributed by atoms with E-state index in [4.69, 9.17) is 11.6 Å². The zero-order valence-corrected chi connectivity index (χ0v) is 19.9. The lowest BCUT2D eigenvalue weighted by Crippen LogP contribution is -2.46. The van der Waals surface area contributed by atoms with Gasteiger partial charge in [-0.25, -0.2) is 13.4 Å². The Morgan fingerprint density at radius 3 is 2.47 bits per heavy atom. The molecule has 1 aliphatic heterocycles. The van der Waals surface area contributed by atoms with Crippen LogP contribution in [0.2, 0.25) is 5.02 Å². The number of aromatic nitrogens is 1. The largest absolute Gasteiger partial charge is 0.326 e. The van der Waals surface area contributed by atoms with E-state index in [2.05, 4.69) is 15.2 Å². The van der Waals surface area contributed by atoms with Crippen LogP contribution in [0.25, 0.3) is 10.6 Å². The number of anilines is 1. The van der Waals surface area contributed by atoms with Crippen molar-refractivity contribution in [2.24, 2.45) is 0 Å². The minimum atomic E-state index is -3.53. The van der Waals surface area contributed by atoms with Gasteiger partial charge in [-0.3, -0.25) is 4.79 Å². The van der Waals surface area contributed by atoms with Crippen molar-refractivity contribution in [1.29, 1.82) is 0 Å². The van der Waals surface area contributed by atoms with Crippen molar-refractivity contribution in [2.45, 2.75) is 11.3 Å². The van der Waals surface area contributed by atoms with Gasteiger partial charge in [0, 0.05) is 42.8 Å². The lowest BCUT2D eigenvalue weighted by atomic mass is 10.2. The summed E-state index contributed by atoms with van der Waals surface area (Å²) in [6, 6.07) is 13.7. The van der Waals surface area contributed by atoms with E-state index in [0.29, 0.717) is 42.6 Å². The van der Waals surface area contributed by atoms with Crippen LogP contribution in [0.3, 0.4) is 0 Å². The molecule has 0 spiro atoms. The molecule has 7 nitrogen and oxygen atoms in total. The Bertz CT molecular complexity index is 1200. The molecule has 0 bridgehead atoms. The summed E-state index contributed by atoms with van der Waals surface area (Å²) in [6.45, 7) is 2.37. The van der Waals surface area contributed by atoms with Gasteiger partial charge in [0.05, 0.1) is 22.0 Å². The second-order valence-electron chi connectivity index (χ2n) is 7.58. The zero-order valence-electron chi connectivity index (χ0n) is 17.5. The number of nitrogens with one attached hydrogen (secondary N) is 1. The van der Waals surface area contributed by atoms with Crippen molar-refractivity contribution in [3.8, 4) is 10.6 Å². The summed E-state index contributed by atoms with van der Waals surface area (Å²) in [5, 5.41) is 6.01. The molecule has 0 saturated carbocycles. The number of sulfonamides is 1. The maximum absolute atomic E-state index is 12.8. The number of thiazole rings is 1. The molecule has 2 heterocycles. The van der Waals surface area contributed by atoms with Crippen molar-refractivity contribution >= 4 is 44.6 Å². The molecule has 1 aromatic heterocycles. The Morgan fingerprint density at radius 1 is 1.09 bits per heavy atom. The van der Waals surface area contributed by atoms with Crippen LogP contribution in [0.1, 0.15) is 5.69 Å². The summed E-state index contributed by atoms with van der Waals surface area (Å²) in [5.74, 6) is -0.226. The molecule has 1 aliphatic rings. The summed E-state index contributed by atoms with van der Waals surface area (Å²) in [6.07, 6.45) is 0.113. The number of nitrogens with zero attached hydrogens (tertiary/aromatic N) is 3. The molecule has 0 radical (unpaired) electrons. The Morgan fingerprint density at radius 2 is 1.78 bits per heavy atom. The van der Waals surface area contributed by atoms with Crippen LogP contribution in [0.15, 0.2) is 58.8 Å². The van der Waals surface area contributed by atoms with Crippen molar-refractivity contribution in [1.82, 2.24) is 14.2 Å². The van der Waals surface area contributed by atoms with Gasteiger partial charge in [-0.15, -0.1) is 11.3 Å². The quantitative estimate of drug-likeness (QED) is 0.571. The van der Waals surface area contributed by atoms with Crippen LogP contribution >= 0.6 is 22.9 Å². The first-order valence-electron chi connectivity index (χ1n) is 10.1. The van der Waals surface area contributed by atoms with E-state index in [1.165, 1.54) is 27.8 Å². The Kier molecular flexibility index (Phi) is 6.92. The molecule has 3 aromatic rings. The molecule has 1 N–H and O–H groups in total. The monoisotopic (exact) mass is 490 g/mol. The number of carbonyl (C=O) groups is 1. The fraction of sp³-hybridized carbons (Fsp3) is 0.273. The third kappa shape index (κ3) is 5.19. The van der Waals surface area contributed by atoms with Gasteiger partial charge in [-0.05, 0) is 37.4 Å². The zero-order chi connectivity index (χ0) is 22.7. The molecule has 1 amide bonds. The predicted octanol–water partition coefficient (Wildman–Crippen LogP) is 3.58. The molecule has 1 fully saturated rings. The summed E-state index contributed by atoms with van der Waals surface area (Å²) in [7, 11) is -1.55. The van der Waals surface area contributed by atoms with E-state index in [9.17, 15) is 13.2 Å². The molecule has 32 heavy (non-hydrogen) atoms. The van der Waals surface area contributed by atoms with E-state index in [-0.39, 0.29) is 17.2 Å². The Labute approximate surface area is 196 Å². The molecule has 10 heteroatoms. The number of hydrogen-bond acceptors (Lipinski definition) is 6. The summed E-state index contributed by atoms with van der Waals surface area (Å²) in [5.41, 5.74) is 2.02. The molecule has 2 aromatic carbocycles. The lowest BCUT2D eigenvalue weighted by Gasteiger charge is -2.31. The molecule has 0 aliphatic carbocycles. The van der Waals surface area contributed by atoms with Crippen molar-refractivity contribution in [3.05, 3.63) is 64.6 Å². The predicted molar refractivity (Wildman–Crippen MR) is 128 cm³/mol. The Balaban J connectivity index is 1.38. The van der Waals surface area contributed by atoms with Gasteiger partial charge < -0.3 is 10.2 Å². The number of benzene rings is 2. The maximum Gasteiger partial charge on any atom is 0.243 e. The van der Waals surface area contributed by atoms with E-state index >= 15 is 0 Å². The smallest absolute Gasteiger partial charge is 0.243 e. The topological polar surface area (TPSA) is 82.6 Å². The number of halogens is 1. The van der Waals surface area contributed by atoms with Crippen LogP contribution in [-0.4, -0.2) is 61.7 Å². The lowest BCUT2D eigenvalue weighted by molar-refractivity contribution is -0.115. The molecule has 4 rings (SSSR count). The van der Waals surface area contributed by atoms with Crippen molar-refractivity contribution in [2.75, 3.05) is 38.5 Å². The van der Waals surface area contributed by atoms with Gasteiger partial charge in [-0.1, -0.05) is 29.8 Å². The normalized spacial score (nSPS) is 15.6. The highest BCUT2D eigenvalue weighted by atomic mass is 35.5. The van der Waals surface area contributed by atoms with Crippen LogP contribution in [-0.2, 0) is 21.2 Å². The van der Waals surface area contributed by atoms with Crippen molar-refractivity contribution < 1.29 is 13.2 Å². The average Bonchev–Trinajstić information content (AvgIpc) is 3.22. The van der Waals surface area contributed by atoms with Gasteiger partial charge >= 0.3 is 0 Å².